The third kappa shape index (κ3) is 3.95. The number of ether oxygens (including phenoxy) is 1. The van der Waals surface area contributed by atoms with E-state index in [-0.39, 0.29) is 11.9 Å². The molecule has 1 unspecified atom stereocenters. The molecule has 2 fully saturated rings. The summed E-state index contributed by atoms with van der Waals surface area (Å²) in [5.41, 5.74) is 0.516. The van der Waals surface area contributed by atoms with Gasteiger partial charge in [0.25, 0.3) is 0 Å². The Bertz CT molecular complexity index is 553. The molecule has 1 amide bonds. The zero-order valence-electron chi connectivity index (χ0n) is 14.0. The average Bonchev–Trinajstić information content (AvgIpc) is 2.97. The molecule has 23 heavy (non-hydrogen) atoms. The van der Waals surface area contributed by atoms with Gasteiger partial charge >= 0.3 is 6.09 Å². The molecule has 0 aromatic heterocycles. The average molecular weight is 320 g/mol. The Hall–Kier alpha value is -1.78. The van der Waals surface area contributed by atoms with Crippen LogP contribution in [0.4, 0.5) is 14.9 Å². The van der Waals surface area contributed by atoms with Crippen LogP contribution in [0, 0.1) is 17.7 Å². The Labute approximate surface area is 137 Å². The molecule has 1 aliphatic heterocycles. The van der Waals surface area contributed by atoms with E-state index in [0.717, 1.165) is 31.6 Å². The van der Waals surface area contributed by atoms with E-state index >= 15 is 0 Å². The van der Waals surface area contributed by atoms with Crippen molar-refractivity contribution in [3.8, 4) is 0 Å². The monoisotopic (exact) mass is 320 g/mol. The van der Waals surface area contributed by atoms with Crippen molar-refractivity contribution in [2.24, 2.45) is 11.8 Å². The van der Waals surface area contributed by atoms with Crippen LogP contribution in [-0.4, -0.2) is 35.7 Å². The zero-order valence-corrected chi connectivity index (χ0v) is 14.0. The number of nitrogens with zero attached hydrogens (tertiary/aromatic N) is 1. The Morgan fingerprint density at radius 2 is 1.74 bits per heavy atom. The van der Waals surface area contributed by atoms with Gasteiger partial charge in [-0.15, -0.1) is 0 Å². The summed E-state index contributed by atoms with van der Waals surface area (Å²) in [4.78, 5) is 14.0. The Morgan fingerprint density at radius 1 is 1.17 bits per heavy atom. The number of nitrogens with one attached hydrogen (secondary N) is 1. The predicted octanol–water partition coefficient (Wildman–Crippen LogP) is 3.88. The number of benzene rings is 1. The van der Waals surface area contributed by atoms with E-state index in [9.17, 15) is 9.18 Å². The molecule has 1 aromatic carbocycles. The summed E-state index contributed by atoms with van der Waals surface area (Å²) in [5, 5.41) is 3.48. The van der Waals surface area contributed by atoms with Gasteiger partial charge in [-0.2, -0.15) is 0 Å². The van der Waals surface area contributed by atoms with Crippen LogP contribution in [0.1, 0.15) is 33.6 Å². The molecule has 5 heteroatoms. The molecule has 0 radical (unpaired) electrons. The molecule has 0 bridgehead atoms. The molecule has 4 nitrogen and oxygen atoms in total. The topological polar surface area (TPSA) is 41.6 Å². The smallest absolute Gasteiger partial charge is 0.410 e. The minimum Gasteiger partial charge on any atom is -0.444 e. The second-order valence-electron chi connectivity index (χ2n) is 7.73. The number of likely N-dealkylation sites (tertiary alicyclic amines) is 1. The number of hydrogen-bond acceptors (Lipinski definition) is 3. The fourth-order valence-corrected chi connectivity index (χ4v) is 3.68. The number of carbonyl (C=O) groups is 1. The number of halogens is 1. The predicted molar refractivity (Wildman–Crippen MR) is 87.8 cm³/mol. The van der Waals surface area contributed by atoms with Crippen LogP contribution in [-0.2, 0) is 4.74 Å². The first-order valence-electron chi connectivity index (χ1n) is 8.30. The van der Waals surface area contributed by atoms with Gasteiger partial charge in [0.2, 0.25) is 0 Å². The van der Waals surface area contributed by atoms with E-state index in [4.69, 9.17) is 4.74 Å². The molecule has 3 atom stereocenters. The van der Waals surface area contributed by atoms with Crippen LogP contribution in [0.3, 0.4) is 0 Å². The lowest BCUT2D eigenvalue weighted by atomic mass is 10.0. The van der Waals surface area contributed by atoms with Crippen molar-refractivity contribution < 1.29 is 13.9 Å². The van der Waals surface area contributed by atoms with E-state index in [1.807, 2.05) is 25.7 Å². The highest BCUT2D eigenvalue weighted by Gasteiger charge is 2.43. The molecule has 1 heterocycles. The lowest BCUT2D eigenvalue weighted by molar-refractivity contribution is 0.0280. The van der Waals surface area contributed by atoms with Crippen LogP contribution < -0.4 is 5.32 Å². The van der Waals surface area contributed by atoms with Gasteiger partial charge in [-0.05, 0) is 69.7 Å². The molecular weight excluding hydrogens is 295 g/mol. The second-order valence-corrected chi connectivity index (χ2v) is 7.73. The summed E-state index contributed by atoms with van der Waals surface area (Å²) >= 11 is 0. The zero-order chi connectivity index (χ0) is 16.6. The third-order valence-electron chi connectivity index (χ3n) is 4.62. The molecule has 1 N–H and O–H groups in total. The number of anilines is 1. The highest BCUT2D eigenvalue weighted by molar-refractivity contribution is 5.68. The van der Waals surface area contributed by atoms with Crippen molar-refractivity contribution in [2.45, 2.75) is 45.3 Å². The van der Waals surface area contributed by atoms with Gasteiger partial charge < -0.3 is 15.0 Å². The third-order valence-corrected chi connectivity index (χ3v) is 4.62. The molecule has 1 saturated heterocycles. The SMILES string of the molecule is CC(C)(C)OC(=O)N1C[C@H]2CC(Nc3ccc(F)cc3)C[C@H]2C1. The van der Waals surface area contributed by atoms with Gasteiger partial charge in [0.1, 0.15) is 11.4 Å². The maximum absolute atomic E-state index is 12.9. The molecule has 1 aliphatic carbocycles. The largest absolute Gasteiger partial charge is 0.444 e. The first kappa shape index (κ1) is 16.1. The summed E-state index contributed by atoms with van der Waals surface area (Å²) in [5.74, 6) is 0.841. The molecule has 1 aromatic rings. The van der Waals surface area contributed by atoms with Gasteiger partial charge in [0.15, 0.2) is 0 Å². The summed E-state index contributed by atoms with van der Waals surface area (Å²) in [7, 11) is 0. The lowest BCUT2D eigenvalue weighted by Crippen LogP contribution is -2.36. The Kier molecular flexibility index (Phi) is 4.21. The maximum atomic E-state index is 12.9. The van der Waals surface area contributed by atoms with Gasteiger partial charge in [0, 0.05) is 24.8 Å². The standard InChI is InChI=1S/C18H25FN2O2/c1-18(2,3)23-17(22)21-10-12-8-16(9-13(12)11-21)20-15-6-4-14(19)5-7-15/h4-7,12-13,16,20H,8-11H2,1-3H3/t12-,13+,16?. The van der Waals surface area contributed by atoms with E-state index in [1.54, 1.807) is 12.1 Å². The van der Waals surface area contributed by atoms with Crippen molar-refractivity contribution in [3.63, 3.8) is 0 Å². The molecular formula is C18H25FN2O2. The first-order chi connectivity index (χ1) is 10.8. The first-order valence-corrected chi connectivity index (χ1v) is 8.30. The number of hydrogen-bond donors (Lipinski definition) is 1. The molecule has 1 saturated carbocycles. The van der Waals surface area contributed by atoms with Gasteiger partial charge in [-0.1, -0.05) is 0 Å². The maximum Gasteiger partial charge on any atom is 0.410 e. The lowest BCUT2D eigenvalue weighted by Gasteiger charge is -2.25. The molecule has 3 rings (SSSR count). The minimum atomic E-state index is -0.443. The van der Waals surface area contributed by atoms with E-state index in [1.165, 1.54) is 12.1 Å². The summed E-state index contributed by atoms with van der Waals surface area (Å²) in [6.07, 6.45) is 1.89. The van der Waals surface area contributed by atoms with Crippen LogP contribution in [0.5, 0.6) is 0 Å². The van der Waals surface area contributed by atoms with Crippen molar-refractivity contribution >= 4 is 11.8 Å². The van der Waals surface area contributed by atoms with Crippen LogP contribution in [0.2, 0.25) is 0 Å². The summed E-state index contributed by atoms with van der Waals surface area (Å²) < 4.78 is 18.4. The van der Waals surface area contributed by atoms with Gasteiger partial charge in [0.05, 0.1) is 0 Å². The normalized spacial score (nSPS) is 27.0. The second kappa shape index (κ2) is 6.02. The van der Waals surface area contributed by atoms with Gasteiger partial charge in [-0.3, -0.25) is 0 Å². The fourth-order valence-electron chi connectivity index (χ4n) is 3.68. The van der Waals surface area contributed by atoms with E-state index in [2.05, 4.69) is 5.32 Å². The fraction of sp³-hybridized carbons (Fsp3) is 0.611. The highest BCUT2D eigenvalue weighted by Crippen LogP contribution is 2.39. The number of carbonyl (C=O) groups excluding carboxylic acids is 1. The minimum absolute atomic E-state index is 0.199. The van der Waals surface area contributed by atoms with Crippen LogP contribution >= 0.6 is 0 Å². The summed E-state index contributed by atoms with van der Waals surface area (Å²) in [6.45, 7) is 7.24. The molecule has 0 spiro atoms. The number of amides is 1. The van der Waals surface area contributed by atoms with E-state index in [0.29, 0.717) is 17.9 Å². The molecule has 126 valence electrons. The Balaban J connectivity index is 1.51. The molecule has 2 aliphatic rings. The van der Waals surface area contributed by atoms with Gasteiger partial charge in [-0.25, -0.2) is 9.18 Å². The highest BCUT2D eigenvalue weighted by atomic mass is 19.1. The van der Waals surface area contributed by atoms with E-state index < -0.39 is 5.60 Å². The van der Waals surface area contributed by atoms with Crippen LogP contribution in [0.25, 0.3) is 0 Å². The number of fused-ring (bicyclic) bond motifs is 1. The van der Waals surface area contributed by atoms with Crippen molar-refractivity contribution in [2.75, 3.05) is 18.4 Å². The Morgan fingerprint density at radius 3 is 2.26 bits per heavy atom. The van der Waals surface area contributed by atoms with Crippen molar-refractivity contribution in [1.82, 2.24) is 4.90 Å². The van der Waals surface area contributed by atoms with Crippen LogP contribution in [0.15, 0.2) is 24.3 Å². The van der Waals surface area contributed by atoms with Crippen molar-refractivity contribution in [3.05, 3.63) is 30.1 Å². The quantitative estimate of drug-likeness (QED) is 0.899. The number of rotatable bonds is 2. The summed E-state index contributed by atoms with van der Waals surface area (Å²) in [6, 6.07) is 6.90. The van der Waals surface area contributed by atoms with Crippen molar-refractivity contribution in [1.29, 1.82) is 0 Å².